The van der Waals surface area contributed by atoms with Gasteiger partial charge in [-0.2, -0.15) is 0 Å². The van der Waals surface area contributed by atoms with Gasteiger partial charge in [-0.15, -0.1) is 0 Å². The molecule has 1 N–H and O–H groups in total. The lowest BCUT2D eigenvalue weighted by molar-refractivity contribution is -0.139. The molecule has 1 amide bonds. The lowest BCUT2D eigenvalue weighted by Gasteiger charge is -2.30. The monoisotopic (exact) mass is 210 g/mol. The Balaban J connectivity index is 2.02. The van der Waals surface area contributed by atoms with Crippen LogP contribution < -0.4 is 5.32 Å². The van der Waals surface area contributed by atoms with E-state index in [9.17, 15) is 4.79 Å². The molecule has 0 aromatic carbocycles. The summed E-state index contributed by atoms with van der Waals surface area (Å²) in [6.45, 7) is 7.86. The zero-order chi connectivity index (χ0) is 11.1. The van der Waals surface area contributed by atoms with Crippen molar-refractivity contribution in [3.63, 3.8) is 0 Å². The molecule has 2 heterocycles. The van der Waals surface area contributed by atoms with Crippen molar-refractivity contribution in [1.29, 1.82) is 0 Å². The van der Waals surface area contributed by atoms with Gasteiger partial charge in [0.1, 0.15) is 0 Å². The Hall–Kier alpha value is -0.570. The van der Waals surface area contributed by atoms with Crippen LogP contribution in [0.25, 0.3) is 0 Å². The molecule has 2 atom stereocenters. The number of carbonyl (C=O) groups is 1. The van der Waals surface area contributed by atoms with Crippen LogP contribution in [0, 0.1) is 5.41 Å². The van der Waals surface area contributed by atoms with Crippen molar-refractivity contribution in [2.75, 3.05) is 13.1 Å². The van der Waals surface area contributed by atoms with Gasteiger partial charge in [0.2, 0.25) is 5.91 Å². The zero-order valence-electron chi connectivity index (χ0n) is 10.0. The third-order valence-corrected chi connectivity index (χ3v) is 3.45. The quantitative estimate of drug-likeness (QED) is 0.655. The predicted molar refractivity (Wildman–Crippen MR) is 60.6 cm³/mol. The molecule has 86 valence electrons. The number of nitrogens with zero attached hydrogens (tertiary/aromatic N) is 1. The number of nitrogens with one attached hydrogen (secondary N) is 1. The minimum absolute atomic E-state index is 0.233. The van der Waals surface area contributed by atoms with Gasteiger partial charge in [-0.25, -0.2) is 0 Å². The van der Waals surface area contributed by atoms with E-state index in [1.807, 2.05) is 20.8 Å². The van der Waals surface area contributed by atoms with Gasteiger partial charge in [-0.1, -0.05) is 20.8 Å². The highest BCUT2D eigenvalue weighted by atomic mass is 16.2. The van der Waals surface area contributed by atoms with E-state index in [0.717, 1.165) is 19.5 Å². The topological polar surface area (TPSA) is 32.3 Å². The van der Waals surface area contributed by atoms with Crippen molar-refractivity contribution in [3.05, 3.63) is 0 Å². The van der Waals surface area contributed by atoms with Crippen molar-refractivity contribution in [2.45, 2.75) is 52.1 Å². The average molecular weight is 210 g/mol. The fraction of sp³-hybridized carbons (Fsp3) is 0.917. The molecule has 15 heavy (non-hydrogen) atoms. The van der Waals surface area contributed by atoms with Crippen LogP contribution in [0.15, 0.2) is 0 Å². The van der Waals surface area contributed by atoms with Gasteiger partial charge in [0, 0.05) is 30.6 Å². The molecule has 2 fully saturated rings. The van der Waals surface area contributed by atoms with Gasteiger partial charge in [0.05, 0.1) is 0 Å². The van der Waals surface area contributed by atoms with E-state index in [4.69, 9.17) is 0 Å². The van der Waals surface area contributed by atoms with E-state index in [1.54, 1.807) is 0 Å². The smallest absolute Gasteiger partial charge is 0.228 e. The second kappa shape index (κ2) is 3.78. The van der Waals surface area contributed by atoms with Gasteiger partial charge in [-0.05, 0) is 19.3 Å². The molecule has 0 aromatic heterocycles. The maximum Gasteiger partial charge on any atom is 0.228 e. The summed E-state index contributed by atoms with van der Waals surface area (Å²) >= 11 is 0. The van der Waals surface area contributed by atoms with E-state index >= 15 is 0 Å². The first-order chi connectivity index (χ1) is 6.97. The lowest BCUT2D eigenvalue weighted by atomic mass is 9.94. The summed E-state index contributed by atoms with van der Waals surface area (Å²) in [6.07, 6.45) is 3.65. The molecular weight excluding hydrogens is 188 g/mol. The SMILES string of the molecule is CC(C)(C)C(=O)N1CCC2CCC(C1)N2. The molecule has 3 nitrogen and oxygen atoms in total. The first-order valence-electron chi connectivity index (χ1n) is 6.02. The number of fused-ring (bicyclic) bond motifs is 2. The van der Waals surface area contributed by atoms with Crippen molar-refractivity contribution < 1.29 is 4.79 Å². The standard InChI is InChI=1S/C12H22N2O/c1-12(2,3)11(15)14-7-6-9-4-5-10(8-14)13-9/h9-10,13H,4-8H2,1-3H3. The second-order valence-corrected chi connectivity index (χ2v) is 5.93. The van der Waals surface area contributed by atoms with Crippen LogP contribution >= 0.6 is 0 Å². The molecule has 2 aliphatic rings. The Kier molecular flexibility index (Phi) is 2.75. The summed E-state index contributed by atoms with van der Waals surface area (Å²) < 4.78 is 0. The van der Waals surface area contributed by atoms with Gasteiger partial charge >= 0.3 is 0 Å². The Morgan fingerprint density at radius 1 is 1.20 bits per heavy atom. The summed E-state index contributed by atoms with van der Waals surface area (Å²) in [4.78, 5) is 14.2. The van der Waals surface area contributed by atoms with Crippen LogP contribution in [0.1, 0.15) is 40.0 Å². The van der Waals surface area contributed by atoms with Crippen molar-refractivity contribution >= 4 is 5.91 Å². The minimum atomic E-state index is -0.233. The molecule has 0 spiro atoms. The van der Waals surface area contributed by atoms with E-state index in [0.29, 0.717) is 18.0 Å². The first kappa shape index (κ1) is 10.9. The highest BCUT2D eigenvalue weighted by Crippen LogP contribution is 2.24. The first-order valence-corrected chi connectivity index (χ1v) is 6.02. The number of amides is 1. The van der Waals surface area contributed by atoms with Gasteiger partial charge in [-0.3, -0.25) is 4.79 Å². The maximum atomic E-state index is 12.1. The third kappa shape index (κ3) is 2.33. The molecule has 2 saturated heterocycles. The fourth-order valence-electron chi connectivity index (χ4n) is 2.60. The summed E-state index contributed by atoms with van der Waals surface area (Å²) in [7, 11) is 0. The predicted octanol–water partition coefficient (Wildman–Crippen LogP) is 1.39. The molecule has 0 aliphatic carbocycles. The van der Waals surface area contributed by atoms with Crippen molar-refractivity contribution in [2.24, 2.45) is 5.41 Å². The zero-order valence-corrected chi connectivity index (χ0v) is 10.0. The largest absolute Gasteiger partial charge is 0.341 e. The number of hydrogen-bond donors (Lipinski definition) is 1. The third-order valence-electron chi connectivity index (χ3n) is 3.45. The Bertz CT molecular complexity index is 257. The molecular formula is C12H22N2O. The van der Waals surface area contributed by atoms with Crippen LogP contribution in [0.2, 0.25) is 0 Å². The summed E-state index contributed by atoms with van der Waals surface area (Å²) in [6, 6.07) is 1.21. The van der Waals surface area contributed by atoms with Crippen LogP contribution in [-0.2, 0) is 4.79 Å². The van der Waals surface area contributed by atoms with Gasteiger partial charge < -0.3 is 10.2 Å². The summed E-state index contributed by atoms with van der Waals surface area (Å²) in [5.41, 5.74) is -0.233. The molecule has 2 bridgehead atoms. The molecule has 2 rings (SSSR count). The lowest BCUT2D eigenvalue weighted by Crippen LogP contribution is -2.44. The second-order valence-electron chi connectivity index (χ2n) is 5.93. The van der Waals surface area contributed by atoms with Crippen molar-refractivity contribution in [3.8, 4) is 0 Å². The fourth-order valence-corrected chi connectivity index (χ4v) is 2.60. The van der Waals surface area contributed by atoms with Crippen LogP contribution in [-0.4, -0.2) is 36.0 Å². The van der Waals surface area contributed by atoms with Crippen LogP contribution in [0.5, 0.6) is 0 Å². The van der Waals surface area contributed by atoms with Crippen molar-refractivity contribution in [1.82, 2.24) is 10.2 Å². The van der Waals surface area contributed by atoms with E-state index in [2.05, 4.69) is 10.2 Å². The molecule has 3 heteroatoms. The molecule has 0 saturated carbocycles. The van der Waals surface area contributed by atoms with Gasteiger partial charge in [0.25, 0.3) is 0 Å². The molecule has 2 aliphatic heterocycles. The summed E-state index contributed by atoms with van der Waals surface area (Å²) in [5.74, 6) is 0.303. The van der Waals surface area contributed by atoms with Gasteiger partial charge in [0.15, 0.2) is 0 Å². The maximum absolute atomic E-state index is 12.1. The Morgan fingerprint density at radius 3 is 2.53 bits per heavy atom. The Labute approximate surface area is 92.2 Å². The molecule has 0 radical (unpaired) electrons. The summed E-state index contributed by atoms with van der Waals surface area (Å²) in [5, 5.41) is 3.60. The normalized spacial score (nSPS) is 31.5. The highest BCUT2D eigenvalue weighted by Gasteiger charge is 2.34. The Morgan fingerprint density at radius 2 is 1.87 bits per heavy atom. The minimum Gasteiger partial charge on any atom is -0.341 e. The number of likely N-dealkylation sites (tertiary alicyclic amines) is 1. The number of rotatable bonds is 0. The van der Waals surface area contributed by atoms with Crippen LogP contribution in [0.4, 0.5) is 0 Å². The average Bonchev–Trinajstić information content (AvgIpc) is 2.43. The van der Waals surface area contributed by atoms with E-state index in [-0.39, 0.29) is 5.41 Å². The van der Waals surface area contributed by atoms with E-state index < -0.39 is 0 Å². The number of carbonyl (C=O) groups excluding carboxylic acids is 1. The molecule has 0 aromatic rings. The van der Waals surface area contributed by atoms with E-state index in [1.165, 1.54) is 12.8 Å². The van der Waals surface area contributed by atoms with Crippen LogP contribution in [0.3, 0.4) is 0 Å². The highest BCUT2D eigenvalue weighted by molar-refractivity contribution is 5.81. The molecule has 2 unspecified atom stereocenters. The number of hydrogen-bond acceptors (Lipinski definition) is 2.